The lowest BCUT2D eigenvalue weighted by atomic mass is 10.1. The molecule has 11 heteroatoms. The number of aryl methyl sites for hydroxylation is 1. The lowest BCUT2D eigenvalue weighted by Crippen LogP contribution is -2.29. The Kier molecular flexibility index (Phi) is 11.9. The maximum atomic E-state index is 12.2. The third kappa shape index (κ3) is 10.9. The van der Waals surface area contributed by atoms with Gasteiger partial charge in [-0.1, -0.05) is 36.2 Å². The van der Waals surface area contributed by atoms with E-state index in [1.165, 1.54) is 44.3 Å². The van der Waals surface area contributed by atoms with E-state index in [1.54, 1.807) is 24.3 Å². The van der Waals surface area contributed by atoms with E-state index in [0.717, 1.165) is 17.9 Å². The van der Waals surface area contributed by atoms with Crippen LogP contribution in [-0.4, -0.2) is 68.0 Å². The van der Waals surface area contributed by atoms with Crippen molar-refractivity contribution in [3.63, 3.8) is 0 Å². The van der Waals surface area contributed by atoms with E-state index in [-0.39, 0.29) is 4.90 Å². The van der Waals surface area contributed by atoms with E-state index in [4.69, 9.17) is 24.5 Å². The van der Waals surface area contributed by atoms with E-state index in [9.17, 15) is 8.42 Å². The number of carbonyl (C=O) groups is 2. The summed E-state index contributed by atoms with van der Waals surface area (Å²) in [5, 5.41) is 14.8. The molecule has 3 N–H and O–H groups in total. The second kappa shape index (κ2) is 14.8. The molecule has 0 aliphatic carbocycles. The number of carboxylic acids is 2. The number of nitrogens with zero attached hydrogens (tertiary/aromatic N) is 2. The van der Waals surface area contributed by atoms with Crippen LogP contribution >= 0.6 is 0 Å². The van der Waals surface area contributed by atoms with Crippen LogP contribution in [0.25, 0.3) is 0 Å². The van der Waals surface area contributed by atoms with Crippen LogP contribution < -0.4 is 9.46 Å². The summed E-state index contributed by atoms with van der Waals surface area (Å²) in [6, 6.07) is 15.0. The molecule has 1 aliphatic heterocycles. The van der Waals surface area contributed by atoms with Gasteiger partial charge >= 0.3 is 11.9 Å². The molecule has 1 heterocycles. The zero-order valence-corrected chi connectivity index (χ0v) is 21.1. The topological polar surface area (TPSA) is 146 Å². The van der Waals surface area contributed by atoms with E-state index in [1.807, 2.05) is 19.1 Å². The first-order valence-electron chi connectivity index (χ1n) is 11.6. The number of ether oxygens (including phenoxy) is 1. The number of hydrogen-bond donors (Lipinski definition) is 3. The monoisotopic (exact) mass is 519 g/mol. The Hall–Kier alpha value is -3.44. The van der Waals surface area contributed by atoms with Gasteiger partial charge in [-0.3, -0.25) is 14.6 Å². The molecule has 3 rings (SSSR count). The fourth-order valence-corrected chi connectivity index (χ4v) is 4.26. The first-order chi connectivity index (χ1) is 17.2. The Balaban J connectivity index is 0.000000678. The highest BCUT2D eigenvalue weighted by atomic mass is 32.2. The molecule has 196 valence electrons. The van der Waals surface area contributed by atoms with Gasteiger partial charge < -0.3 is 14.9 Å². The van der Waals surface area contributed by atoms with Crippen molar-refractivity contribution < 1.29 is 33.0 Å². The molecule has 1 aliphatic rings. The van der Waals surface area contributed by atoms with Crippen molar-refractivity contribution in [3.8, 4) is 5.75 Å². The zero-order chi connectivity index (χ0) is 26.4. The van der Waals surface area contributed by atoms with Crippen molar-refractivity contribution >= 4 is 28.3 Å². The molecule has 0 atom stereocenters. The van der Waals surface area contributed by atoms with Crippen LogP contribution in [-0.2, 0) is 26.2 Å². The Morgan fingerprint density at radius 1 is 1.06 bits per heavy atom. The highest BCUT2D eigenvalue weighted by molar-refractivity contribution is 7.90. The number of benzene rings is 2. The highest BCUT2D eigenvalue weighted by Crippen LogP contribution is 2.17. The van der Waals surface area contributed by atoms with Crippen LogP contribution in [0.5, 0.6) is 5.75 Å². The quantitative estimate of drug-likeness (QED) is 0.188. The molecule has 0 unspecified atom stereocenters. The van der Waals surface area contributed by atoms with Crippen molar-refractivity contribution in [2.24, 2.45) is 4.99 Å². The van der Waals surface area contributed by atoms with Gasteiger partial charge in [0, 0.05) is 19.5 Å². The number of rotatable bonds is 10. The summed E-state index contributed by atoms with van der Waals surface area (Å²) in [6.45, 7) is 6.27. The van der Waals surface area contributed by atoms with Crippen molar-refractivity contribution in [2.75, 3.05) is 26.2 Å². The summed E-state index contributed by atoms with van der Waals surface area (Å²) < 4.78 is 32.5. The molecule has 0 radical (unpaired) electrons. The third-order valence-electron chi connectivity index (χ3n) is 5.27. The van der Waals surface area contributed by atoms with Gasteiger partial charge in [-0.2, -0.15) is 0 Å². The van der Waals surface area contributed by atoms with Gasteiger partial charge in [-0.05, 0) is 62.7 Å². The minimum absolute atomic E-state index is 0.229. The maximum absolute atomic E-state index is 12.2. The fraction of sp³-hybridized carbons (Fsp3) is 0.400. The molecular formula is C25H33N3O7S. The molecular weight excluding hydrogens is 486 g/mol. The van der Waals surface area contributed by atoms with Crippen molar-refractivity contribution in [2.45, 2.75) is 44.0 Å². The van der Waals surface area contributed by atoms with Crippen molar-refractivity contribution in [1.82, 2.24) is 9.62 Å². The summed E-state index contributed by atoms with van der Waals surface area (Å²) in [4.78, 5) is 25.0. The molecule has 1 fully saturated rings. The second-order valence-corrected chi connectivity index (χ2v) is 9.98. The van der Waals surface area contributed by atoms with Crippen molar-refractivity contribution in [3.05, 3.63) is 59.7 Å². The minimum atomic E-state index is -3.56. The fourth-order valence-electron chi connectivity index (χ4n) is 3.41. The van der Waals surface area contributed by atoms with Crippen molar-refractivity contribution in [1.29, 1.82) is 0 Å². The number of sulfonamides is 1. The van der Waals surface area contributed by atoms with E-state index < -0.39 is 22.0 Å². The molecule has 0 spiro atoms. The molecule has 1 saturated heterocycles. The lowest BCUT2D eigenvalue weighted by Gasteiger charge is -2.26. The van der Waals surface area contributed by atoms with Gasteiger partial charge in [-0.25, -0.2) is 18.0 Å². The number of likely N-dealkylation sites (tertiary alicyclic amines) is 1. The summed E-state index contributed by atoms with van der Waals surface area (Å²) in [5.74, 6) is -2.78. The Morgan fingerprint density at radius 3 is 2.36 bits per heavy atom. The standard InChI is InChI=1S/C23H31N3O3S.C2H2O4/c1-20-9-11-23(12-10-20)30(27,28)25-19-24-13-6-16-29-22-8-5-7-21(17-22)18-26-14-3-2-4-15-26;3-1(4)2(5)6/h5,7-12,17,19H,2-4,6,13-16,18H2,1H3,(H,24,25);(H,3,4)(H,5,6). The molecule has 0 bridgehead atoms. The van der Waals surface area contributed by atoms with E-state index >= 15 is 0 Å². The van der Waals surface area contributed by atoms with Gasteiger partial charge in [0.15, 0.2) is 0 Å². The van der Waals surface area contributed by atoms with Gasteiger partial charge in [-0.15, -0.1) is 0 Å². The maximum Gasteiger partial charge on any atom is 0.414 e. The van der Waals surface area contributed by atoms with Crippen LogP contribution in [0.1, 0.15) is 36.8 Å². The van der Waals surface area contributed by atoms with E-state index in [2.05, 4.69) is 26.7 Å². The van der Waals surface area contributed by atoms with Gasteiger partial charge in [0.05, 0.1) is 17.8 Å². The number of carboxylic acid groups (broad SMARTS) is 2. The SMILES string of the molecule is Cc1ccc(S(=O)(=O)NC=NCCCOc2cccc(CN3CCCCC3)c2)cc1.O=C(O)C(=O)O. The largest absolute Gasteiger partial charge is 0.494 e. The normalized spacial score (nSPS) is 14.0. The van der Waals surface area contributed by atoms with Crippen LogP contribution in [0, 0.1) is 6.92 Å². The summed E-state index contributed by atoms with van der Waals surface area (Å²) >= 11 is 0. The number of piperidine rings is 1. The average Bonchev–Trinajstić information content (AvgIpc) is 2.85. The van der Waals surface area contributed by atoms with Gasteiger partial charge in [0.1, 0.15) is 5.75 Å². The smallest absolute Gasteiger partial charge is 0.414 e. The Labute approximate surface area is 211 Å². The third-order valence-corrected chi connectivity index (χ3v) is 6.58. The summed E-state index contributed by atoms with van der Waals surface area (Å²) in [5.41, 5.74) is 2.29. The number of hydrogen-bond acceptors (Lipinski definition) is 7. The number of aliphatic carboxylic acids is 2. The lowest BCUT2D eigenvalue weighted by molar-refractivity contribution is -0.159. The predicted octanol–water partition coefficient (Wildman–Crippen LogP) is 2.91. The highest BCUT2D eigenvalue weighted by Gasteiger charge is 2.12. The minimum Gasteiger partial charge on any atom is -0.494 e. The number of nitrogens with one attached hydrogen (secondary N) is 1. The van der Waals surface area contributed by atoms with Crippen LogP contribution in [0.4, 0.5) is 0 Å². The van der Waals surface area contributed by atoms with E-state index in [0.29, 0.717) is 19.6 Å². The predicted molar refractivity (Wildman–Crippen MR) is 136 cm³/mol. The van der Waals surface area contributed by atoms with Gasteiger partial charge in [0.25, 0.3) is 10.0 Å². The van der Waals surface area contributed by atoms with Crippen LogP contribution in [0.15, 0.2) is 58.4 Å². The van der Waals surface area contributed by atoms with Gasteiger partial charge in [0.2, 0.25) is 0 Å². The molecule has 2 aromatic rings. The summed E-state index contributed by atoms with van der Waals surface area (Å²) in [6.07, 6.45) is 5.87. The Bertz CT molecular complexity index is 1100. The molecule has 0 aromatic heterocycles. The number of aliphatic imine (C=N–C) groups is 1. The van der Waals surface area contributed by atoms with Crippen LogP contribution in [0.2, 0.25) is 0 Å². The first kappa shape index (κ1) is 28.8. The van der Waals surface area contributed by atoms with Crippen LogP contribution in [0.3, 0.4) is 0 Å². The molecule has 10 nitrogen and oxygen atoms in total. The average molecular weight is 520 g/mol. The Morgan fingerprint density at radius 2 is 1.72 bits per heavy atom. The molecule has 0 saturated carbocycles. The summed E-state index contributed by atoms with van der Waals surface area (Å²) in [7, 11) is -3.56. The zero-order valence-electron chi connectivity index (χ0n) is 20.3. The molecule has 0 amide bonds. The molecule has 2 aromatic carbocycles. The first-order valence-corrected chi connectivity index (χ1v) is 13.1. The second-order valence-electron chi connectivity index (χ2n) is 8.27. The molecule has 36 heavy (non-hydrogen) atoms.